The number of nitrogen functional groups attached to an aromatic ring is 1. The molecule has 4 heteroatoms. The minimum Gasteiger partial charge on any atom is -0.508 e. The average Bonchev–Trinajstić information content (AvgIpc) is 2.38. The van der Waals surface area contributed by atoms with E-state index >= 15 is 0 Å². The van der Waals surface area contributed by atoms with Crippen molar-refractivity contribution in [3.05, 3.63) is 54.1 Å². The normalized spacial score (nSPS) is 10.1. The van der Waals surface area contributed by atoms with Gasteiger partial charge in [-0.2, -0.15) is 0 Å². The Hall–Kier alpha value is -2.49. The van der Waals surface area contributed by atoms with Gasteiger partial charge >= 0.3 is 0 Å². The molecule has 4 N–H and O–H groups in total. The number of rotatable bonds is 4. The molecule has 0 saturated carbocycles. The first kappa shape index (κ1) is 13.0. The fourth-order valence-electron chi connectivity index (χ4n) is 1.76. The van der Waals surface area contributed by atoms with Gasteiger partial charge in [0.25, 0.3) is 0 Å². The van der Waals surface area contributed by atoms with Crippen LogP contribution in [0, 0.1) is 0 Å². The van der Waals surface area contributed by atoms with Gasteiger partial charge < -0.3 is 16.2 Å². The van der Waals surface area contributed by atoms with Crippen LogP contribution in [0.15, 0.2) is 48.5 Å². The summed E-state index contributed by atoms with van der Waals surface area (Å²) in [5.74, 6) is 0.173. The van der Waals surface area contributed by atoms with Crippen molar-refractivity contribution >= 4 is 17.3 Å². The highest BCUT2D eigenvalue weighted by atomic mass is 16.3. The Morgan fingerprint density at radius 1 is 1.16 bits per heavy atom. The third-order valence-electron chi connectivity index (χ3n) is 2.75. The molecule has 0 aliphatic rings. The van der Waals surface area contributed by atoms with E-state index in [-0.39, 0.29) is 11.7 Å². The molecule has 2 rings (SSSR count). The predicted octanol–water partition coefficient (Wildman–Crippen LogP) is 2.55. The van der Waals surface area contributed by atoms with E-state index in [1.165, 1.54) is 0 Å². The molecule has 0 radical (unpaired) electrons. The Balaban J connectivity index is 1.86. The summed E-state index contributed by atoms with van der Waals surface area (Å²) in [6, 6.07) is 13.9. The van der Waals surface area contributed by atoms with Crippen LogP contribution < -0.4 is 11.1 Å². The van der Waals surface area contributed by atoms with Gasteiger partial charge in [0.1, 0.15) is 5.75 Å². The van der Waals surface area contributed by atoms with Crippen LogP contribution in [-0.4, -0.2) is 11.0 Å². The quantitative estimate of drug-likeness (QED) is 0.736. The van der Waals surface area contributed by atoms with Gasteiger partial charge in [0.05, 0.1) is 0 Å². The zero-order chi connectivity index (χ0) is 13.7. The van der Waals surface area contributed by atoms with Crippen molar-refractivity contribution in [3.63, 3.8) is 0 Å². The first-order valence-electron chi connectivity index (χ1n) is 6.07. The monoisotopic (exact) mass is 256 g/mol. The summed E-state index contributed by atoms with van der Waals surface area (Å²) in [4.78, 5) is 11.8. The molecule has 2 aromatic rings. The van der Waals surface area contributed by atoms with Gasteiger partial charge in [0.15, 0.2) is 0 Å². The first-order valence-corrected chi connectivity index (χ1v) is 6.07. The van der Waals surface area contributed by atoms with Gasteiger partial charge in [-0.25, -0.2) is 0 Å². The van der Waals surface area contributed by atoms with E-state index in [9.17, 15) is 4.79 Å². The number of benzene rings is 2. The maximum absolute atomic E-state index is 11.8. The van der Waals surface area contributed by atoms with Crippen LogP contribution in [0.1, 0.15) is 12.0 Å². The van der Waals surface area contributed by atoms with E-state index in [1.54, 1.807) is 36.4 Å². The average molecular weight is 256 g/mol. The van der Waals surface area contributed by atoms with E-state index in [1.807, 2.05) is 12.1 Å². The van der Waals surface area contributed by atoms with Gasteiger partial charge in [0, 0.05) is 17.8 Å². The standard InChI is InChI=1S/C15H16N2O2/c16-12-2-1-3-13(10-12)17-15(19)9-6-11-4-7-14(18)8-5-11/h1-5,7-8,10,18H,6,9,16H2,(H,17,19). The Bertz CT molecular complexity index is 565. The molecule has 19 heavy (non-hydrogen) atoms. The molecule has 1 amide bonds. The number of carbonyl (C=O) groups excluding carboxylic acids is 1. The van der Waals surface area contributed by atoms with Crippen LogP contribution in [-0.2, 0) is 11.2 Å². The lowest BCUT2D eigenvalue weighted by molar-refractivity contribution is -0.116. The number of anilines is 2. The Morgan fingerprint density at radius 2 is 1.89 bits per heavy atom. The number of hydrogen-bond acceptors (Lipinski definition) is 3. The molecular formula is C15H16N2O2. The minimum atomic E-state index is -0.0568. The molecule has 0 aromatic heterocycles. The van der Waals surface area contributed by atoms with E-state index in [2.05, 4.69) is 5.32 Å². The Morgan fingerprint density at radius 3 is 2.58 bits per heavy atom. The van der Waals surface area contributed by atoms with Crippen LogP contribution in [0.2, 0.25) is 0 Å². The zero-order valence-corrected chi connectivity index (χ0v) is 10.5. The maximum Gasteiger partial charge on any atom is 0.224 e. The second-order valence-corrected chi connectivity index (χ2v) is 4.34. The van der Waals surface area contributed by atoms with Crippen molar-refractivity contribution in [1.82, 2.24) is 0 Å². The van der Waals surface area contributed by atoms with Gasteiger partial charge in [-0.15, -0.1) is 0 Å². The summed E-state index contributed by atoms with van der Waals surface area (Å²) in [5, 5.41) is 12.0. The van der Waals surface area contributed by atoms with Crippen molar-refractivity contribution in [3.8, 4) is 5.75 Å². The number of nitrogens with two attached hydrogens (primary N) is 1. The predicted molar refractivity (Wildman–Crippen MR) is 75.9 cm³/mol. The molecule has 0 spiro atoms. The van der Waals surface area contributed by atoms with Crippen molar-refractivity contribution in [2.75, 3.05) is 11.1 Å². The molecule has 4 nitrogen and oxygen atoms in total. The van der Waals surface area contributed by atoms with Crippen LogP contribution in [0.3, 0.4) is 0 Å². The van der Waals surface area contributed by atoms with E-state index in [0.29, 0.717) is 24.2 Å². The number of phenolic OH excluding ortho intramolecular Hbond substituents is 1. The molecular weight excluding hydrogens is 240 g/mol. The second kappa shape index (κ2) is 5.91. The minimum absolute atomic E-state index is 0.0568. The van der Waals surface area contributed by atoms with Crippen LogP contribution in [0.25, 0.3) is 0 Å². The molecule has 0 bridgehead atoms. The smallest absolute Gasteiger partial charge is 0.224 e. The molecule has 0 fully saturated rings. The summed E-state index contributed by atoms with van der Waals surface area (Å²) in [6.45, 7) is 0. The number of aromatic hydroxyl groups is 1. The third-order valence-corrected chi connectivity index (χ3v) is 2.75. The SMILES string of the molecule is Nc1cccc(NC(=O)CCc2ccc(O)cc2)c1. The molecule has 0 aliphatic carbocycles. The van der Waals surface area contributed by atoms with Crippen molar-refractivity contribution in [2.45, 2.75) is 12.8 Å². The number of aryl methyl sites for hydroxylation is 1. The lowest BCUT2D eigenvalue weighted by Crippen LogP contribution is -2.12. The molecule has 0 heterocycles. The number of nitrogens with one attached hydrogen (secondary N) is 1. The summed E-state index contributed by atoms with van der Waals surface area (Å²) in [5.41, 5.74) is 7.98. The Kier molecular flexibility index (Phi) is 4.03. The van der Waals surface area contributed by atoms with Crippen molar-refractivity contribution < 1.29 is 9.90 Å². The van der Waals surface area contributed by atoms with Gasteiger partial charge in [-0.3, -0.25) is 4.79 Å². The van der Waals surface area contributed by atoms with Gasteiger partial charge in [-0.1, -0.05) is 18.2 Å². The van der Waals surface area contributed by atoms with Crippen molar-refractivity contribution in [1.29, 1.82) is 0 Å². The lowest BCUT2D eigenvalue weighted by Gasteiger charge is -2.06. The number of hydrogen-bond donors (Lipinski definition) is 3. The fourth-order valence-corrected chi connectivity index (χ4v) is 1.76. The third kappa shape index (κ3) is 4.03. The summed E-state index contributed by atoms with van der Waals surface area (Å²) in [6.07, 6.45) is 1.02. The highest BCUT2D eigenvalue weighted by Crippen LogP contribution is 2.14. The largest absolute Gasteiger partial charge is 0.508 e. The zero-order valence-electron chi connectivity index (χ0n) is 10.5. The van der Waals surface area contributed by atoms with E-state index in [0.717, 1.165) is 5.56 Å². The molecule has 2 aromatic carbocycles. The second-order valence-electron chi connectivity index (χ2n) is 4.34. The lowest BCUT2D eigenvalue weighted by atomic mass is 10.1. The summed E-state index contributed by atoms with van der Waals surface area (Å²) >= 11 is 0. The fraction of sp³-hybridized carbons (Fsp3) is 0.133. The van der Waals surface area contributed by atoms with E-state index < -0.39 is 0 Å². The highest BCUT2D eigenvalue weighted by molar-refractivity contribution is 5.91. The number of amides is 1. The van der Waals surface area contributed by atoms with Gasteiger partial charge in [-0.05, 0) is 42.3 Å². The first-order chi connectivity index (χ1) is 9.13. The topological polar surface area (TPSA) is 75.3 Å². The molecule has 0 unspecified atom stereocenters. The number of phenols is 1. The molecule has 0 aliphatic heterocycles. The van der Waals surface area contributed by atoms with E-state index in [4.69, 9.17) is 10.8 Å². The van der Waals surface area contributed by atoms with Crippen molar-refractivity contribution in [2.24, 2.45) is 0 Å². The summed E-state index contributed by atoms with van der Waals surface area (Å²) < 4.78 is 0. The van der Waals surface area contributed by atoms with Gasteiger partial charge in [0.2, 0.25) is 5.91 Å². The molecule has 0 saturated heterocycles. The van der Waals surface area contributed by atoms with Crippen LogP contribution in [0.4, 0.5) is 11.4 Å². The Labute approximate surface area is 111 Å². The molecule has 0 atom stereocenters. The highest BCUT2D eigenvalue weighted by Gasteiger charge is 2.03. The summed E-state index contributed by atoms with van der Waals surface area (Å²) in [7, 11) is 0. The number of carbonyl (C=O) groups is 1. The molecule has 98 valence electrons. The van der Waals surface area contributed by atoms with Crippen LogP contribution >= 0.6 is 0 Å². The maximum atomic E-state index is 11.8. The van der Waals surface area contributed by atoms with Crippen LogP contribution in [0.5, 0.6) is 5.75 Å².